The van der Waals surface area contributed by atoms with Crippen LogP contribution in [-0.4, -0.2) is 75.9 Å². The Labute approximate surface area is 197 Å². The molecule has 2 aliphatic heterocycles. The number of nitrogens with zero attached hydrogens (tertiary/aromatic N) is 5. The predicted molar refractivity (Wildman–Crippen MR) is 123 cm³/mol. The minimum Gasteiger partial charge on any atom is -0.343 e. The summed E-state index contributed by atoms with van der Waals surface area (Å²) in [4.78, 5) is 35.8. The molecule has 0 aliphatic carbocycles. The summed E-state index contributed by atoms with van der Waals surface area (Å²) in [5.41, 5.74) is 0.693. The van der Waals surface area contributed by atoms with E-state index in [0.29, 0.717) is 49.8 Å². The minimum absolute atomic E-state index is 0.0491. The molecule has 32 heavy (non-hydrogen) atoms. The second-order valence-corrected chi connectivity index (χ2v) is 9.30. The molecule has 2 saturated heterocycles. The molecule has 0 N–H and O–H groups in total. The van der Waals surface area contributed by atoms with Gasteiger partial charge in [-0.2, -0.15) is 4.98 Å². The van der Waals surface area contributed by atoms with Crippen LogP contribution in [0.5, 0.6) is 0 Å². The predicted octanol–water partition coefficient (Wildman–Crippen LogP) is 3.13. The first-order valence-corrected chi connectivity index (χ1v) is 12.2. The molecule has 1 aromatic carbocycles. The molecule has 2 aliphatic rings. The zero-order chi connectivity index (χ0) is 22.3. The van der Waals surface area contributed by atoms with E-state index in [9.17, 15) is 9.59 Å². The third kappa shape index (κ3) is 5.95. The van der Waals surface area contributed by atoms with E-state index in [1.54, 1.807) is 0 Å². The van der Waals surface area contributed by atoms with Crippen molar-refractivity contribution in [1.29, 1.82) is 0 Å². The molecule has 2 aromatic rings. The van der Waals surface area contributed by atoms with Crippen molar-refractivity contribution in [2.45, 2.75) is 45.1 Å². The number of carbonyl (C=O) groups is 2. The van der Waals surface area contributed by atoms with Gasteiger partial charge >= 0.3 is 0 Å². The molecule has 0 unspecified atom stereocenters. The van der Waals surface area contributed by atoms with Gasteiger partial charge in [0.05, 0.1) is 12.1 Å². The van der Waals surface area contributed by atoms with E-state index in [4.69, 9.17) is 4.52 Å². The molecule has 2 amide bonds. The maximum Gasteiger partial charge on any atom is 0.255 e. The lowest BCUT2D eigenvalue weighted by Gasteiger charge is -2.34. The normalized spacial score (nSPS) is 17.9. The molecule has 0 bridgehead atoms. The molecule has 8 nitrogen and oxygen atoms in total. The molecule has 0 radical (unpaired) electrons. The highest BCUT2D eigenvalue weighted by Gasteiger charge is 2.24. The smallest absolute Gasteiger partial charge is 0.255 e. The summed E-state index contributed by atoms with van der Waals surface area (Å²) in [5, 5.41) is 4.09. The SMILES string of the molecule is O=C(CCc1nc(CN2CCN(C(=O)c3ccccc3Br)CC2)no1)N1CCCCCC1. The Morgan fingerprint density at radius 2 is 1.66 bits per heavy atom. The summed E-state index contributed by atoms with van der Waals surface area (Å²) in [5.74, 6) is 1.38. The summed E-state index contributed by atoms with van der Waals surface area (Å²) in [6.45, 7) is 5.15. The van der Waals surface area contributed by atoms with Crippen molar-refractivity contribution < 1.29 is 14.1 Å². The highest BCUT2D eigenvalue weighted by Crippen LogP contribution is 2.19. The zero-order valence-electron chi connectivity index (χ0n) is 18.3. The van der Waals surface area contributed by atoms with Gasteiger partial charge in [-0.3, -0.25) is 14.5 Å². The summed E-state index contributed by atoms with van der Waals surface area (Å²) in [7, 11) is 0. The number of carbonyl (C=O) groups excluding carboxylic acids is 2. The second-order valence-electron chi connectivity index (χ2n) is 8.45. The van der Waals surface area contributed by atoms with E-state index >= 15 is 0 Å². The van der Waals surface area contributed by atoms with Crippen molar-refractivity contribution in [3.05, 3.63) is 46.0 Å². The Balaban J connectivity index is 1.22. The van der Waals surface area contributed by atoms with E-state index in [1.807, 2.05) is 34.1 Å². The van der Waals surface area contributed by atoms with Crippen molar-refractivity contribution in [2.24, 2.45) is 0 Å². The maximum absolute atomic E-state index is 12.8. The zero-order valence-corrected chi connectivity index (χ0v) is 19.9. The number of likely N-dealkylation sites (tertiary alicyclic amines) is 1. The topological polar surface area (TPSA) is 82.8 Å². The number of aryl methyl sites for hydroxylation is 1. The lowest BCUT2D eigenvalue weighted by Crippen LogP contribution is -2.48. The lowest BCUT2D eigenvalue weighted by atomic mass is 10.2. The average molecular weight is 504 g/mol. The monoisotopic (exact) mass is 503 g/mol. The van der Waals surface area contributed by atoms with E-state index in [0.717, 1.165) is 43.5 Å². The van der Waals surface area contributed by atoms with Crippen molar-refractivity contribution in [3.63, 3.8) is 0 Å². The maximum atomic E-state index is 12.8. The van der Waals surface area contributed by atoms with Gasteiger partial charge < -0.3 is 14.3 Å². The van der Waals surface area contributed by atoms with Crippen LogP contribution >= 0.6 is 15.9 Å². The number of halogens is 1. The molecule has 2 fully saturated rings. The van der Waals surface area contributed by atoms with Crippen LogP contribution in [0, 0.1) is 0 Å². The van der Waals surface area contributed by atoms with Gasteiger partial charge in [0.1, 0.15) is 0 Å². The van der Waals surface area contributed by atoms with Crippen LogP contribution in [-0.2, 0) is 17.8 Å². The number of hydrogen-bond acceptors (Lipinski definition) is 6. The second kappa shape index (κ2) is 11.0. The van der Waals surface area contributed by atoms with Gasteiger partial charge in [-0.15, -0.1) is 0 Å². The Bertz CT molecular complexity index is 918. The standard InChI is InChI=1S/C23H30BrN5O3/c24-19-8-4-3-7-18(19)23(31)29-15-13-27(14-16-29)17-20-25-21(32-26-20)9-10-22(30)28-11-5-1-2-6-12-28/h3-4,7-8H,1-2,5-6,9-17H2. The Morgan fingerprint density at radius 3 is 2.38 bits per heavy atom. The number of hydrogen-bond donors (Lipinski definition) is 0. The van der Waals surface area contributed by atoms with Gasteiger partial charge in [0, 0.05) is 56.6 Å². The fraction of sp³-hybridized carbons (Fsp3) is 0.565. The van der Waals surface area contributed by atoms with E-state index in [1.165, 1.54) is 12.8 Å². The van der Waals surface area contributed by atoms with Crippen LogP contribution in [0.25, 0.3) is 0 Å². The minimum atomic E-state index is 0.0491. The summed E-state index contributed by atoms with van der Waals surface area (Å²) < 4.78 is 6.19. The van der Waals surface area contributed by atoms with Gasteiger partial charge in [-0.25, -0.2) is 0 Å². The van der Waals surface area contributed by atoms with Crippen LogP contribution in [0.2, 0.25) is 0 Å². The number of piperazine rings is 1. The number of rotatable bonds is 6. The largest absolute Gasteiger partial charge is 0.343 e. The number of aromatic nitrogens is 2. The Hall–Kier alpha value is -2.26. The summed E-state index contributed by atoms with van der Waals surface area (Å²) >= 11 is 3.46. The number of amides is 2. The van der Waals surface area contributed by atoms with E-state index in [2.05, 4.69) is 31.0 Å². The van der Waals surface area contributed by atoms with Gasteiger partial charge in [0.15, 0.2) is 5.82 Å². The van der Waals surface area contributed by atoms with Crippen LogP contribution in [0.1, 0.15) is 54.2 Å². The molecule has 172 valence electrons. The molecular weight excluding hydrogens is 474 g/mol. The average Bonchev–Trinajstić information content (AvgIpc) is 3.07. The van der Waals surface area contributed by atoms with Gasteiger partial charge in [0.2, 0.25) is 11.8 Å². The lowest BCUT2D eigenvalue weighted by molar-refractivity contribution is -0.131. The van der Waals surface area contributed by atoms with Gasteiger partial charge in [-0.05, 0) is 40.9 Å². The van der Waals surface area contributed by atoms with Crippen LogP contribution in [0.15, 0.2) is 33.3 Å². The third-order valence-corrected chi connectivity index (χ3v) is 6.84. The van der Waals surface area contributed by atoms with Gasteiger partial charge in [-0.1, -0.05) is 30.1 Å². The van der Waals surface area contributed by atoms with Crippen molar-refractivity contribution >= 4 is 27.7 Å². The molecule has 3 heterocycles. The fourth-order valence-electron chi connectivity index (χ4n) is 4.26. The first-order valence-electron chi connectivity index (χ1n) is 11.5. The van der Waals surface area contributed by atoms with Gasteiger partial charge in [0.25, 0.3) is 5.91 Å². The fourth-order valence-corrected chi connectivity index (χ4v) is 4.72. The van der Waals surface area contributed by atoms with E-state index < -0.39 is 0 Å². The van der Waals surface area contributed by atoms with Crippen LogP contribution < -0.4 is 0 Å². The number of benzene rings is 1. The molecule has 1 aromatic heterocycles. The summed E-state index contributed by atoms with van der Waals surface area (Å²) in [6, 6.07) is 7.52. The summed E-state index contributed by atoms with van der Waals surface area (Å²) in [6.07, 6.45) is 5.51. The van der Waals surface area contributed by atoms with Crippen molar-refractivity contribution in [1.82, 2.24) is 24.8 Å². The van der Waals surface area contributed by atoms with Crippen LogP contribution in [0.4, 0.5) is 0 Å². The first-order chi connectivity index (χ1) is 15.6. The van der Waals surface area contributed by atoms with Crippen molar-refractivity contribution in [2.75, 3.05) is 39.3 Å². The molecular formula is C23H30BrN5O3. The van der Waals surface area contributed by atoms with E-state index in [-0.39, 0.29) is 11.8 Å². The quantitative estimate of drug-likeness (QED) is 0.602. The molecule has 0 atom stereocenters. The first kappa shape index (κ1) is 22.9. The highest BCUT2D eigenvalue weighted by molar-refractivity contribution is 9.10. The molecule has 0 saturated carbocycles. The Kier molecular flexibility index (Phi) is 7.91. The molecule has 4 rings (SSSR count). The highest BCUT2D eigenvalue weighted by atomic mass is 79.9. The Morgan fingerprint density at radius 1 is 0.938 bits per heavy atom. The third-order valence-electron chi connectivity index (χ3n) is 6.15. The molecule has 9 heteroatoms. The molecule has 0 spiro atoms. The van der Waals surface area contributed by atoms with Crippen molar-refractivity contribution in [3.8, 4) is 0 Å². The van der Waals surface area contributed by atoms with Crippen LogP contribution in [0.3, 0.4) is 0 Å².